The van der Waals surface area contributed by atoms with Crippen molar-refractivity contribution in [2.75, 3.05) is 6.61 Å². The van der Waals surface area contributed by atoms with E-state index in [1.165, 1.54) is 17.4 Å². The van der Waals surface area contributed by atoms with Gasteiger partial charge in [0, 0.05) is 24.4 Å². The zero-order valence-corrected chi connectivity index (χ0v) is 23.2. The van der Waals surface area contributed by atoms with Crippen molar-refractivity contribution in [2.45, 2.75) is 39.0 Å². The number of thiazole rings is 1. The van der Waals surface area contributed by atoms with Crippen LogP contribution in [-0.2, 0) is 11.3 Å². The quantitative estimate of drug-likeness (QED) is 0.205. The molecule has 10 heteroatoms. The lowest BCUT2D eigenvalue weighted by Crippen LogP contribution is -2.18. The summed E-state index contributed by atoms with van der Waals surface area (Å²) in [6.07, 6.45) is 6.43. The van der Waals surface area contributed by atoms with E-state index in [-0.39, 0.29) is 12.0 Å². The molecule has 6 aromatic rings. The third-order valence-electron chi connectivity index (χ3n) is 7.16. The molecule has 1 aliphatic rings. The van der Waals surface area contributed by atoms with Gasteiger partial charge >= 0.3 is 0 Å². The van der Waals surface area contributed by atoms with Crippen LogP contribution in [0.1, 0.15) is 36.7 Å². The lowest BCUT2D eigenvalue weighted by atomic mass is 10.1. The maximum atomic E-state index is 15.1. The van der Waals surface area contributed by atoms with Gasteiger partial charge in [-0.15, -0.1) is 16.4 Å². The normalized spacial score (nSPS) is 15.4. The van der Waals surface area contributed by atoms with E-state index in [0.717, 1.165) is 47.3 Å². The SMILES string of the molecule is Cc1nn2ccc(OCc3ccccc3)cc2c1-c1nc(-c2ccccc2F)c(-c2ncn(C3CCCCO3)n2)s1. The van der Waals surface area contributed by atoms with Gasteiger partial charge in [-0.1, -0.05) is 42.5 Å². The van der Waals surface area contributed by atoms with Crippen LogP contribution in [-0.4, -0.2) is 36.0 Å². The van der Waals surface area contributed by atoms with Gasteiger partial charge in [0.05, 0.1) is 22.5 Å². The predicted molar refractivity (Wildman–Crippen MR) is 155 cm³/mol. The third kappa shape index (κ3) is 5.00. The molecule has 0 N–H and O–H groups in total. The molecule has 8 nitrogen and oxygen atoms in total. The van der Waals surface area contributed by atoms with E-state index in [1.807, 2.05) is 60.1 Å². The highest BCUT2D eigenvalue weighted by molar-refractivity contribution is 7.19. The number of aromatic nitrogens is 6. The first-order chi connectivity index (χ1) is 20.1. The van der Waals surface area contributed by atoms with Crippen LogP contribution < -0.4 is 4.74 Å². The van der Waals surface area contributed by atoms with E-state index in [1.54, 1.807) is 29.2 Å². The smallest absolute Gasteiger partial charge is 0.193 e. The fourth-order valence-electron chi connectivity index (χ4n) is 5.10. The van der Waals surface area contributed by atoms with Crippen molar-refractivity contribution in [1.29, 1.82) is 0 Å². The van der Waals surface area contributed by atoms with Gasteiger partial charge in [0.15, 0.2) is 12.1 Å². The molecule has 2 aromatic carbocycles. The van der Waals surface area contributed by atoms with Crippen LogP contribution in [0.3, 0.4) is 0 Å². The third-order valence-corrected chi connectivity index (χ3v) is 8.23. The summed E-state index contributed by atoms with van der Waals surface area (Å²) < 4.78 is 30.7. The number of pyridine rings is 1. The highest BCUT2D eigenvalue weighted by Gasteiger charge is 2.25. The molecule has 0 saturated carbocycles. The monoisotopic (exact) mass is 566 g/mol. The molecule has 7 rings (SSSR count). The Morgan fingerprint density at radius 3 is 2.73 bits per heavy atom. The molecule has 0 bridgehead atoms. The molecule has 5 heterocycles. The largest absolute Gasteiger partial charge is 0.489 e. The molecular formula is C31H27FN6O2S. The van der Waals surface area contributed by atoms with Gasteiger partial charge < -0.3 is 9.47 Å². The Balaban J connectivity index is 1.31. The van der Waals surface area contributed by atoms with Crippen molar-refractivity contribution in [3.63, 3.8) is 0 Å². The van der Waals surface area contributed by atoms with Crippen molar-refractivity contribution >= 4 is 16.9 Å². The first kappa shape index (κ1) is 25.6. The van der Waals surface area contributed by atoms with Gasteiger partial charge in [-0.05, 0) is 49.9 Å². The first-order valence-electron chi connectivity index (χ1n) is 13.6. The molecule has 0 amide bonds. The van der Waals surface area contributed by atoms with E-state index in [9.17, 15) is 0 Å². The number of rotatable bonds is 7. The Labute approximate surface area is 240 Å². The second-order valence-electron chi connectivity index (χ2n) is 9.97. The predicted octanol–water partition coefficient (Wildman–Crippen LogP) is 7.11. The Morgan fingerprint density at radius 1 is 1.05 bits per heavy atom. The minimum atomic E-state index is -0.353. The first-order valence-corrected chi connectivity index (χ1v) is 14.4. The molecular weight excluding hydrogens is 539 g/mol. The van der Waals surface area contributed by atoms with Crippen LogP contribution in [0.2, 0.25) is 0 Å². The summed E-state index contributed by atoms with van der Waals surface area (Å²) in [6, 6.07) is 20.6. The molecule has 4 aromatic heterocycles. The summed E-state index contributed by atoms with van der Waals surface area (Å²) in [5.41, 5.74) is 4.50. The van der Waals surface area contributed by atoms with E-state index >= 15 is 4.39 Å². The number of halogens is 1. The van der Waals surface area contributed by atoms with Gasteiger partial charge in [-0.2, -0.15) is 5.10 Å². The number of hydrogen-bond acceptors (Lipinski definition) is 7. The maximum absolute atomic E-state index is 15.1. The summed E-state index contributed by atoms with van der Waals surface area (Å²) >= 11 is 1.43. The Kier molecular flexibility index (Phi) is 6.77. The van der Waals surface area contributed by atoms with E-state index in [4.69, 9.17) is 24.7 Å². The zero-order chi connectivity index (χ0) is 27.8. The minimum Gasteiger partial charge on any atom is -0.489 e. The van der Waals surface area contributed by atoms with Gasteiger partial charge in [0.1, 0.15) is 34.4 Å². The molecule has 0 aliphatic carbocycles. The molecule has 0 radical (unpaired) electrons. The van der Waals surface area contributed by atoms with E-state index in [0.29, 0.717) is 40.2 Å². The Hall–Kier alpha value is -4.41. The average Bonchev–Trinajstić information content (AvgIpc) is 3.74. The fourth-order valence-corrected chi connectivity index (χ4v) is 6.23. The van der Waals surface area contributed by atoms with Gasteiger partial charge in [0.25, 0.3) is 0 Å². The molecule has 1 fully saturated rings. The number of hydrogen-bond donors (Lipinski definition) is 0. The number of benzene rings is 2. The van der Waals surface area contributed by atoms with Crippen LogP contribution in [0.15, 0.2) is 79.3 Å². The van der Waals surface area contributed by atoms with Crippen molar-refractivity contribution in [3.8, 4) is 38.3 Å². The van der Waals surface area contributed by atoms with Crippen molar-refractivity contribution in [2.24, 2.45) is 0 Å². The highest BCUT2D eigenvalue weighted by atomic mass is 32.1. The maximum Gasteiger partial charge on any atom is 0.193 e. The summed E-state index contributed by atoms with van der Waals surface area (Å²) in [5, 5.41) is 10.2. The lowest BCUT2D eigenvalue weighted by molar-refractivity contribution is -0.0395. The van der Waals surface area contributed by atoms with E-state index in [2.05, 4.69) is 4.98 Å². The summed E-state index contributed by atoms with van der Waals surface area (Å²) in [5.74, 6) is 0.859. The molecule has 1 aliphatic heterocycles. The summed E-state index contributed by atoms with van der Waals surface area (Å²) in [4.78, 5) is 10.3. The zero-order valence-electron chi connectivity index (χ0n) is 22.4. The summed E-state index contributed by atoms with van der Waals surface area (Å²) in [6.45, 7) is 3.11. The average molecular weight is 567 g/mol. The number of fused-ring (bicyclic) bond motifs is 1. The fraction of sp³-hybridized carbons (Fsp3) is 0.226. The van der Waals surface area contributed by atoms with Crippen molar-refractivity contribution in [3.05, 3.63) is 96.3 Å². The van der Waals surface area contributed by atoms with E-state index < -0.39 is 0 Å². The van der Waals surface area contributed by atoms with Crippen LogP contribution >= 0.6 is 11.3 Å². The molecule has 1 unspecified atom stereocenters. The molecule has 0 spiro atoms. The topological polar surface area (TPSA) is 79.4 Å². The summed E-state index contributed by atoms with van der Waals surface area (Å²) in [7, 11) is 0. The van der Waals surface area contributed by atoms with Crippen LogP contribution in [0.5, 0.6) is 5.75 Å². The highest BCUT2D eigenvalue weighted by Crippen LogP contribution is 2.42. The molecule has 1 atom stereocenters. The van der Waals surface area contributed by atoms with Gasteiger partial charge in [-0.3, -0.25) is 0 Å². The molecule has 41 heavy (non-hydrogen) atoms. The van der Waals surface area contributed by atoms with Gasteiger partial charge in [-0.25, -0.2) is 23.6 Å². The lowest BCUT2D eigenvalue weighted by Gasteiger charge is -2.21. The molecule has 1 saturated heterocycles. The van der Waals surface area contributed by atoms with Crippen molar-refractivity contribution < 1.29 is 13.9 Å². The number of ether oxygens (including phenoxy) is 2. The minimum absolute atomic E-state index is 0.148. The molecule has 206 valence electrons. The van der Waals surface area contributed by atoms with Crippen molar-refractivity contribution in [1.82, 2.24) is 29.4 Å². The Morgan fingerprint density at radius 2 is 1.90 bits per heavy atom. The second kappa shape index (κ2) is 10.9. The second-order valence-corrected chi connectivity index (χ2v) is 11.0. The van der Waals surface area contributed by atoms with Crippen LogP contribution in [0.4, 0.5) is 4.39 Å². The van der Waals surface area contributed by atoms with Crippen LogP contribution in [0.25, 0.3) is 38.0 Å². The number of nitrogens with zero attached hydrogens (tertiary/aromatic N) is 6. The Bertz CT molecular complexity index is 1820. The van der Waals surface area contributed by atoms with Gasteiger partial charge in [0.2, 0.25) is 0 Å². The standard InChI is InChI=1S/C31H27FN6O2S/c1-20-27(25-17-22(14-15-37(25)35-20)40-18-21-9-3-2-4-10-21)31-34-28(23-11-5-6-12-24(23)32)29(41-31)30-33-19-38(36-30)26-13-7-8-16-39-26/h2-6,9-12,14-15,17,19,26H,7-8,13,16,18H2,1H3. The van der Waals surface area contributed by atoms with Crippen LogP contribution in [0, 0.1) is 12.7 Å². The number of aryl methyl sites for hydroxylation is 1.